The molecule has 0 unspecified atom stereocenters. The van der Waals surface area contributed by atoms with E-state index >= 15 is 0 Å². The van der Waals surface area contributed by atoms with E-state index in [0.29, 0.717) is 0 Å². The normalized spacial score (nSPS) is 12.4. The number of carbonyl (C=O) groups is 1. The van der Waals surface area contributed by atoms with Crippen molar-refractivity contribution in [1.29, 1.82) is 0 Å². The van der Waals surface area contributed by atoms with Crippen LogP contribution in [0.3, 0.4) is 0 Å². The van der Waals surface area contributed by atoms with Gasteiger partial charge in [-0.15, -0.1) is 0 Å². The van der Waals surface area contributed by atoms with Crippen LogP contribution in [0.1, 0.15) is 24.5 Å². The maximum atomic E-state index is 10.1. The summed E-state index contributed by atoms with van der Waals surface area (Å²) in [7, 11) is 0. The van der Waals surface area contributed by atoms with Gasteiger partial charge in [-0.3, -0.25) is 0 Å². The Bertz CT molecular complexity index is 269. The highest BCUT2D eigenvalue weighted by Gasteiger charge is 2.05. The van der Waals surface area contributed by atoms with Gasteiger partial charge in [-0.1, -0.05) is 30.3 Å². The largest absolute Gasteiger partial charge is 0.550 e. The molecule has 0 bridgehead atoms. The van der Waals surface area contributed by atoms with Gasteiger partial charge in [0.1, 0.15) is 0 Å². The Labute approximate surface area is 76.6 Å². The Hall–Kier alpha value is -1.35. The first-order valence-electron chi connectivity index (χ1n) is 4.13. The van der Waals surface area contributed by atoms with E-state index in [-0.39, 0.29) is 12.8 Å². The van der Waals surface area contributed by atoms with Gasteiger partial charge in [0.25, 0.3) is 0 Å². The van der Waals surface area contributed by atoms with Crippen molar-refractivity contribution in [3.8, 4) is 0 Å². The summed E-state index contributed by atoms with van der Waals surface area (Å²) in [6, 6.07) is 8.98. The van der Waals surface area contributed by atoms with Crippen LogP contribution in [-0.2, 0) is 4.79 Å². The van der Waals surface area contributed by atoms with Crippen molar-refractivity contribution in [3.63, 3.8) is 0 Å². The van der Waals surface area contributed by atoms with Crippen molar-refractivity contribution in [3.05, 3.63) is 35.9 Å². The van der Waals surface area contributed by atoms with Crippen LogP contribution in [0, 0.1) is 0 Å². The van der Waals surface area contributed by atoms with Crippen molar-refractivity contribution in [1.82, 2.24) is 0 Å². The topological polar surface area (TPSA) is 60.4 Å². The molecule has 1 aromatic rings. The first kappa shape index (κ1) is 9.74. The third-order valence-corrected chi connectivity index (χ3v) is 1.81. The van der Waals surface area contributed by atoms with Gasteiger partial charge >= 0.3 is 0 Å². The summed E-state index contributed by atoms with van der Waals surface area (Å²) in [4.78, 5) is 10.1. The van der Waals surface area contributed by atoms with Gasteiger partial charge in [-0.2, -0.15) is 0 Å². The molecule has 1 N–H and O–H groups in total. The van der Waals surface area contributed by atoms with Gasteiger partial charge in [0.15, 0.2) is 0 Å². The van der Waals surface area contributed by atoms with Crippen molar-refractivity contribution in [2.45, 2.75) is 18.9 Å². The van der Waals surface area contributed by atoms with Crippen LogP contribution in [0.15, 0.2) is 30.3 Å². The van der Waals surface area contributed by atoms with E-state index in [0.717, 1.165) is 5.56 Å². The number of aliphatic carboxylic acids is 1. The fourth-order valence-electron chi connectivity index (χ4n) is 1.10. The predicted octanol–water partition coefficient (Wildman–Crippen LogP) is 0.250. The number of benzene rings is 1. The molecule has 0 aromatic heterocycles. The number of hydrogen-bond acceptors (Lipinski definition) is 3. The smallest absolute Gasteiger partial charge is 0.0793 e. The van der Waals surface area contributed by atoms with Gasteiger partial charge < -0.3 is 15.0 Å². The van der Waals surface area contributed by atoms with E-state index in [1.807, 2.05) is 6.07 Å². The second-order valence-corrected chi connectivity index (χ2v) is 2.84. The molecule has 0 fully saturated rings. The van der Waals surface area contributed by atoms with Gasteiger partial charge in [0.2, 0.25) is 0 Å². The highest BCUT2D eigenvalue weighted by Crippen LogP contribution is 2.16. The number of carbonyl (C=O) groups excluding carboxylic acids is 1. The number of rotatable bonds is 4. The Morgan fingerprint density at radius 1 is 1.38 bits per heavy atom. The SMILES string of the molecule is O=C([O-])CC[C@H](O)c1ccccc1. The van der Waals surface area contributed by atoms with Crippen molar-refractivity contribution < 1.29 is 15.0 Å². The summed E-state index contributed by atoms with van der Waals surface area (Å²) in [5.41, 5.74) is 0.740. The second kappa shape index (κ2) is 4.62. The average Bonchev–Trinajstić information content (AvgIpc) is 2.15. The van der Waals surface area contributed by atoms with Gasteiger partial charge in [-0.05, 0) is 18.4 Å². The summed E-state index contributed by atoms with van der Waals surface area (Å²) in [6.45, 7) is 0. The lowest BCUT2D eigenvalue weighted by molar-refractivity contribution is -0.306. The van der Waals surface area contributed by atoms with Gasteiger partial charge in [0.05, 0.1) is 6.10 Å². The molecule has 13 heavy (non-hydrogen) atoms. The minimum absolute atomic E-state index is 0.115. The predicted molar refractivity (Wildman–Crippen MR) is 45.6 cm³/mol. The molecular formula is C10H11O3-. The molecule has 0 spiro atoms. The molecule has 1 atom stereocenters. The van der Waals surface area contributed by atoms with Crippen LogP contribution in [0.5, 0.6) is 0 Å². The maximum absolute atomic E-state index is 10.1. The van der Waals surface area contributed by atoms with Crippen LogP contribution in [0.25, 0.3) is 0 Å². The van der Waals surface area contributed by atoms with Crippen molar-refractivity contribution >= 4 is 5.97 Å². The quantitative estimate of drug-likeness (QED) is 0.720. The molecule has 3 nitrogen and oxygen atoms in total. The molecule has 0 aliphatic heterocycles. The summed E-state index contributed by atoms with van der Waals surface area (Å²) < 4.78 is 0. The minimum Gasteiger partial charge on any atom is -0.550 e. The molecule has 0 aliphatic rings. The van der Waals surface area contributed by atoms with Crippen molar-refractivity contribution in [2.75, 3.05) is 0 Å². The minimum atomic E-state index is -1.13. The van der Waals surface area contributed by atoms with Crippen LogP contribution < -0.4 is 5.11 Å². The van der Waals surface area contributed by atoms with Crippen LogP contribution >= 0.6 is 0 Å². The fraction of sp³-hybridized carbons (Fsp3) is 0.300. The monoisotopic (exact) mass is 179 g/mol. The van der Waals surface area contributed by atoms with E-state index in [1.54, 1.807) is 24.3 Å². The zero-order valence-corrected chi connectivity index (χ0v) is 7.14. The highest BCUT2D eigenvalue weighted by molar-refractivity contribution is 5.64. The zero-order chi connectivity index (χ0) is 9.68. The number of aliphatic hydroxyl groups excluding tert-OH is 1. The Balaban J connectivity index is 2.49. The fourth-order valence-corrected chi connectivity index (χ4v) is 1.10. The molecule has 0 saturated heterocycles. The molecule has 70 valence electrons. The van der Waals surface area contributed by atoms with E-state index in [2.05, 4.69) is 0 Å². The Morgan fingerprint density at radius 2 is 2.00 bits per heavy atom. The maximum Gasteiger partial charge on any atom is 0.0793 e. The Kier molecular flexibility index (Phi) is 3.46. The van der Waals surface area contributed by atoms with Crippen LogP contribution in [-0.4, -0.2) is 11.1 Å². The summed E-state index contributed by atoms with van der Waals surface area (Å²) in [6.07, 6.45) is -0.623. The van der Waals surface area contributed by atoms with Crippen molar-refractivity contribution in [2.24, 2.45) is 0 Å². The number of carboxylic acid groups (broad SMARTS) is 1. The lowest BCUT2D eigenvalue weighted by Gasteiger charge is -2.10. The average molecular weight is 179 g/mol. The lowest BCUT2D eigenvalue weighted by Crippen LogP contribution is -2.22. The highest BCUT2D eigenvalue weighted by atomic mass is 16.4. The molecule has 1 aromatic carbocycles. The third kappa shape index (κ3) is 3.25. The van der Waals surface area contributed by atoms with Crippen LogP contribution in [0.2, 0.25) is 0 Å². The molecule has 0 saturated carbocycles. The van der Waals surface area contributed by atoms with E-state index in [9.17, 15) is 15.0 Å². The number of carboxylic acids is 1. The molecule has 0 heterocycles. The van der Waals surface area contributed by atoms with Gasteiger partial charge in [-0.25, -0.2) is 0 Å². The number of hydrogen-bond donors (Lipinski definition) is 1. The standard InChI is InChI=1S/C10H12O3/c11-9(6-7-10(12)13)8-4-2-1-3-5-8/h1-5,9,11H,6-7H2,(H,12,13)/p-1/t9-/m0/s1. The molecule has 3 heteroatoms. The molecule has 0 amide bonds. The van der Waals surface area contributed by atoms with E-state index < -0.39 is 12.1 Å². The summed E-state index contributed by atoms with van der Waals surface area (Å²) >= 11 is 0. The zero-order valence-electron chi connectivity index (χ0n) is 7.14. The lowest BCUT2D eigenvalue weighted by atomic mass is 10.1. The Morgan fingerprint density at radius 3 is 2.54 bits per heavy atom. The van der Waals surface area contributed by atoms with E-state index in [4.69, 9.17) is 0 Å². The van der Waals surface area contributed by atoms with Crippen LogP contribution in [0.4, 0.5) is 0 Å². The summed E-state index contributed by atoms with van der Waals surface area (Å²) in [5.74, 6) is -1.13. The molecule has 1 rings (SSSR count). The number of aliphatic hydroxyl groups is 1. The van der Waals surface area contributed by atoms with E-state index in [1.165, 1.54) is 0 Å². The molecule has 0 aliphatic carbocycles. The second-order valence-electron chi connectivity index (χ2n) is 2.84. The van der Waals surface area contributed by atoms with Gasteiger partial charge in [0, 0.05) is 5.97 Å². The summed E-state index contributed by atoms with van der Waals surface area (Å²) in [5, 5.41) is 19.6. The molecular weight excluding hydrogens is 168 g/mol. The first-order valence-corrected chi connectivity index (χ1v) is 4.13. The molecule has 0 radical (unpaired) electrons. The third-order valence-electron chi connectivity index (χ3n) is 1.81. The first-order chi connectivity index (χ1) is 6.20.